The number of anilines is 1. The first kappa shape index (κ1) is 21.6. The summed E-state index contributed by atoms with van der Waals surface area (Å²) in [6.45, 7) is 8.33. The molecule has 1 atom stereocenters. The number of rotatable bonds is 8. The van der Waals surface area contributed by atoms with Crippen LogP contribution in [0.5, 0.6) is 5.75 Å². The van der Waals surface area contributed by atoms with E-state index in [4.69, 9.17) is 9.47 Å². The summed E-state index contributed by atoms with van der Waals surface area (Å²) in [5, 5.41) is 0. The first-order chi connectivity index (χ1) is 14.3. The van der Waals surface area contributed by atoms with Gasteiger partial charge in [0.15, 0.2) is 12.7 Å². The van der Waals surface area contributed by atoms with Crippen molar-refractivity contribution in [3.63, 3.8) is 0 Å². The zero-order valence-corrected chi connectivity index (χ0v) is 17.9. The molecule has 1 aliphatic heterocycles. The minimum absolute atomic E-state index is 0.00503. The summed E-state index contributed by atoms with van der Waals surface area (Å²) in [7, 11) is 0. The molecule has 160 valence electrons. The number of hydrogen-bond acceptors (Lipinski definition) is 5. The SMILES string of the molecule is CCCn1c(C)cc(C(=O)COC(=O)CCN2C(=O)C(C)Oc3ccccc32)c1C. The lowest BCUT2D eigenvalue weighted by atomic mass is 10.1. The second-order valence-electron chi connectivity index (χ2n) is 7.49. The van der Waals surface area contributed by atoms with Gasteiger partial charge in [0.25, 0.3) is 5.91 Å². The predicted octanol–water partition coefficient (Wildman–Crippen LogP) is 3.45. The van der Waals surface area contributed by atoms with Gasteiger partial charge in [-0.3, -0.25) is 14.4 Å². The third-order valence-corrected chi connectivity index (χ3v) is 5.30. The molecule has 1 unspecified atom stereocenters. The average molecular weight is 412 g/mol. The van der Waals surface area contributed by atoms with Gasteiger partial charge in [-0.05, 0) is 45.4 Å². The highest BCUT2D eigenvalue weighted by Gasteiger charge is 2.31. The van der Waals surface area contributed by atoms with Gasteiger partial charge in [-0.1, -0.05) is 19.1 Å². The van der Waals surface area contributed by atoms with Crippen molar-refractivity contribution < 1.29 is 23.9 Å². The fourth-order valence-electron chi connectivity index (χ4n) is 3.74. The summed E-state index contributed by atoms with van der Waals surface area (Å²) in [6.07, 6.45) is 0.353. The van der Waals surface area contributed by atoms with Crippen LogP contribution in [-0.4, -0.2) is 41.5 Å². The van der Waals surface area contributed by atoms with Crippen LogP contribution in [-0.2, 0) is 20.9 Å². The summed E-state index contributed by atoms with van der Waals surface area (Å²) in [5.74, 6) is -0.341. The lowest BCUT2D eigenvalue weighted by molar-refractivity contribution is -0.142. The number of amides is 1. The lowest BCUT2D eigenvalue weighted by Gasteiger charge is -2.32. The normalized spacial score (nSPS) is 15.5. The Labute approximate surface area is 176 Å². The number of fused-ring (bicyclic) bond motifs is 1. The molecule has 0 saturated heterocycles. The molecule has 0 spiro atoms. The number of benzene rings is 1. The molecule has 0 N–H and O–H groups in total. The van der Waals surface area contributed by atoms with Gasteiger partial charge in [-0.15, -0.1) is 0 Å². The molecular weight excluding hydrogens is 384 g/mol. The van der Waals surface area contributed by atoms with Crippen LogP contribution >= 0.6 is 0 Å². The Hall–Kier alpha value is -3.09. The number of aryl methyl sites for hydroxylation is 1. The fraction of sp³-hybridized carbons (Fsp3) is 0.435. The van der Waals surface area contributed by atoms with Gasteiger partial charge in [-0.2, -0.15) is 0 Å². The van der Waals surface area contributed by atoms with Crippen molar-refractivity contribution in [1.29, 1.82) is 0 Å². The maximum Gasteiger partial charge on any atom is 0.308 e. The number of ether oxygens (including phenoxy) is 2. The summed E-state index contributed by atoms with van der Waals surface area (Å²) >= 11 is 0. The average Bonchev–Trinajstić information content (AvgIpc) is 3.01. The summed E-state index contributed by atoms with van der Waals surface area (Å²) in [4.78, 5) is 38.8. The predicted molar refractivity (Wildman–Crippen MR) is 113 cm³/mol. The van der Waals surface area contributed by atoms with E-state index >= 15 is 0 Å². The second-order valence-corrected chi connectivity index (χ2v) is 7.49. The van der Waals surface area contributed by atoms with E-state index in [0.717, 1.165) is 24.4 Å². The highest BCUT2D eigenvalue weighted by molar-refractivity contribution is 6.00. The van der Waals surface area contributed by atoms with E-state index < -0.39 is 12.1 Å². The van der Waals surface area contributed by atoms with Crippen LogP contribution in [0.3, 0.4) is 0 Å². The number of esters is 1. The van der Waals surface area contributed by atoms with Crippen LogP contribution in [0.15, 0.2) is 30.3 Å². The minimum atomic E-state index is -0.615. The van der Waals surface area contributed by atoms with Crippen molar-refractivity contribution >= 4 is 23.3 Å². The van der Waals surface area contributed by atoms with E-state index in [-0.39, 0.29) is 31.3 Å². The number of aromatic nitrogens is 1. The van der Waals surface area contributed by atoms with E-state index in [1.165, 1.54) is 4.90 Å². The molecule has 0 saturated carbocycles. The van der Waals surface area contributed by atoms with Crippen molar-refractivity contribution in [2.75, 3.05) is 18.1 Å². The number of hydrogen-bond donors (Lipinski definition) is 0. The first-order valence-corrected chi connectivity index (χ1v) is 10.3. The number of carbonyl (C=O) groups is 3. The third-order valence-electron chi connectivity index (χ3n) is 5.30. The Balaban J connectivity index is 1.57. The molecule has 7 nitrogen and oxygen atoms in total. The van der Waals surface area contributed by atoms with Crippen molar-refractivity contribution in [2.24, 2.45) is 0 Å². The molecule has 0 fully saturated rings. The standard InChI is InChI=1S/C23H28N2O5/c1-5-11-24-15(2)13-18(16(24)3)20(26)14-29-22(27)10-12-25-19-8-6-7-9-21(19)30-17(4)23(25)28/h6-9,13,17H,5,10-12,14H2,1-4H3. The maximum absolute atomic E-state index is 12.5. The molecular formula is C23H28N2O5. The third kappa shape index (κ3) is 4.40. The van der Waals surface area contributed by atoms with E-state index in [9.17, 15) is 14.4 Å². The molecule has 0 aliphatic carbocycles. The lowest BCUT2D eigenvalue weighted by Crippen LogP contribution is -2.45. The highest BCUT2D eigenvalue weighted by Crippen LogP contribution is 2.33. The van der Waals surface area contributed by atoms with Gasteiger partial charge in [0.1, 0.15) is 5.75 Å². The molecule has 1 aliphatic rings. The molecule has 0 radical (unpaired) electrons. The Morgan fingerprint density at radius 1 is 1.17 bits per heavy atom. The first-order valence-electron chi connectivity index (χ1n) is 10.3. The quantitative estimate of drug-likeness (QED) is 0.490. The summed E-state index contributed by atoms with van der Waals surface area (Å²) < 4.78 is 12.9. The Morgan fingerprint density at radius 3 is 2.63 bits per heavy atom. The topological polar surface area (TPSA) is 77.8 Å². The van der Waals surface area contributed by atoms with E-state index in [1.54, 1.807) is 19.1 Å². The molecule has 1 amide bonds. The number of Topliss-reactive ketones (excluding diaryl/α,β-unsaturated/α-hetero) is 1. The van der Waals surface area contributed by atoms with Crippen molar-refractivity contribution in [3.05, 3.63) is 47.3 Å². The second kappa shape index (κ2) is 9.15. The van der Waals surface area contributed by atoms with Crippen LogP contribution in [0.4, 0.5) is 5.69 Å². The van der Waals surface area contributed by atoms with Gasteiger partial charge < -0.3 is 18.9 Å². The maximum atomic E-state index is 12.5. The van der Waals surface area contributed by atoms with Crippen LogP contribution in [0, 0.1) is 13.8 Å². The molecule has 2 aromatic rings. The Bertz CT molecular complexity index is 962. The highest BCUT2D eigenvalue weighted by atomic mass is 16.5. The van der Waals surface area contributed by atoms with Gasteiger partial charge in [0.05, 0.1) is 12.1 Å². The Kier molecular flexibility index (Phi) is 6.59. The smallest absolute Gasteiger partial charge is 0.308 e. The number of para-hydroxylation sites is 2. The summed E-state index contributed by atoms with van der Waals surface area (Å²) in [5.41, 5.74) is 3.12. The minimum Gasteiger partial charge on any atom is -0.479 e. The molecule has 3 rings (SSSR count). The van der Waals surface area contributed by atoms with Gasteiger partial charge in [-0.25, -0.2) is 0 Å². The summed E-state index contributed by atoms with van der Waals surface area (Å²) in [6, 6.07) is 9.05. The van der Waals surface area contributed by atoms with Gasteiger partial charge in [0.2, 0.25) is 5.78 Å². The van der Waals surface area contributed by atoms with Crippen LogP contribution in [0.1, 0.15) is 48.4 Å². The van der Waals surface area contributed by atoms with E-state index in [1.807, 2.05) is 32.0 Å². The molecule has 1 aromatic carbocycles. The van der Waals surface area contributed by atoms with E-state index in [0.29, 0.717) is 17.0 Å². The molecule has 1 aromatic heterocycles. The number of carbonyl (C=O) groups excluding carboxylic acids is 3. The zero-order valence-electron chi connectivity index (χ0n) is 17.9. The number of ketones is 1. The molecule has 2 heterocycles. The van der Waals surface area contributed by atoms with Crippen molar-refractivity contribution in [2.45, 2.75) is 53.2 Å². The Morgan fingerprint density at radius 2 is 1.90 bits per heavy atom. The fourth-order valence-corrected chi connectivity index (χ4v) is 3.74. The van der Waals surface area contributed by atoms with Gasteiger partial charge in [0, 0.05) is 30.0 Å². The zero-order chi connectivity index (χ0) is 21.8. The number of nitrogens with zero attached hydrogens (tertiary/aromatic N) is 2. The van der Waals surface area contributed by atoms with Crippen molar-refractivity contribution in [1.82, 2.24) is 4.57 Å². The molecule has 7 heteroatoms. The van der Waals surface area contributed by atoms with Crippen LogP contribution < -0.4 is 9.64 Å². The van der Waals surface area contributed by atoms with Crippen LogP contribution in [0.2, 0.25) is 0 Å². The van der Waals surface area contributed by atoms with Crippen LogP contribution in [0.25, 0.3) is 0 Å². The van der Waals surface area contributed by atoms with Gasteiger partial charge >= 0.3 is 5.97 Å². The monoisotopic (exact) mass is 412 g/mol. The largest absolute Gasteiger partial charge is 0.479 e. The van der Waals surface area contributed by atoms with E-state index in [2.05, 4.69) is 11.5 Å². The molecule has 0 bridgehead atoms. The molecule has 30 heavy (non-hydrogen) atoms. The van der Waals surface area contributed by atoms with Crippen molar-refractivity contribution in [3.8, 4) is 5.75 Å².